The summed E-state index contributed by atoms with van der Waals surface area (Å²) < 4.78 is 4.91. The molecule has 25 heavy (non-hydrogen) atoms. The van der Waals surface area contributed by atoms with Crippen molar-refractivity contribution < 1.29 is 4.52 Å². The summed E-state index contributed by atoms with van der Waals surface area (Å²) >= 11 is 0. The zero-order valence-corrected chi connectivity index (χ0v) is 18.2. The van der Waals surface area contributed by atoms with Crippen molar-refractivity contribution in [2.75, 3.05) is 39.8 Å². The number of hydrogen-bond donors (Lipinski definition) is 1. The van der Waals surface area contributed by atoms with Crippen LogP contribution in [0.15, 0.2) is 21.8 Å². The third-order valence-corrected chi connectivity index (χ3v) is 4.85. The Balaban J connectivity index is 0.00000312. The van der Waals surface area contributed by atoms with Crippen molar-refractivity contribution in [3.05, 3.63) is 18.0 Å². The molecule has 1 aromatic rings. The molecule has 6 nitrogen and oxygen atoms in total. The van der Waals surface area contributed by atoms with Crippen molar-refractivity contribution in [3.63, 3.8) is 0 Å². The molecule has 0 saturated carbocycles. The second-order valence-electron chi connectivity index (χ2n) is 6.60. The van der Waals surface area contributed by atoms with Crippen LogP contribution >= 0.6 is 24.0 Å². The summed E-state index contributed by atoms with van der Waals surface area (Å²) in [6.07, 6.45) is 6.77. The lowest BCUT2D eigenvalue weighted by atomic mass is 9.99. The molecule has 2 heterocycles. The van der Waals surface area contributed by atoms with Gasteiger partial charge in [-0.05, 0) is 12.3 Å². The largest absolute Gasteiger partial charge is 0.364 e. The zero-order valence-electron chi connectivity index (χ0n) is 15.9. The first-order valence-corrected chi connectivity index (χ1v) is 9.34. The van der Waals surface area contributed by atoms with Gasteiger partial charge in [0.15, 0.2) is 5.96 Å². The van der Waals surface area contributed by atoms with E-state index in [1.807, 2.05) is 13.1 Å². The van der Waals surface area contributed by atoms with Crippen molar-refractivity contribution >= 4 is 29.9 Å². The molecule has 1 aliphatic heterocycles. The van der Waals surface area contributed by atoms with Gasteiger partial charge in [-0.25, -0.2) is 0 Å². The summed E-state index contributed by atoms with van der Waals surface area (Å²) in [7, 11) is 1.89. The van der Waals surface area contributed by atoms with E-state index in [-0.39, 0.29) is 24.0 Å². The molecule has 1 fully saturated rings. The Labute approximate surface area is 169 Å². The third-order valence-electron chi connectivity index (χ3n) is 4.85. The maximum absolute atomic E-state index is 4.91. The second kappa shape index (κ2) is 12.5. The van der Waals surface area contributed by atoms with Gasteiger partial charge in [0.05, 0.1) is 5.69 Å². The third kappa shape index (κ3) is 7.52. The van der Waals surface area contributed by atoms with Crippen LogP contribution in [0.1, 0.15) is 45.2 Å². The first-order valence-electron chi connectivity index (χ1n) is 9.34. The highest BCUT2D eigenvalue weighted by Crippen LogP contribution is 2.12. The fourth-order valence-electron chi connectivity index (χ4n) is 3.18. The number of piperazine rings is 1. The lowest BCUT2D eigenvalue weighted by Crippen LogP contribution is -2.52. The Morgan fingerprint density at radius 2 is 2.08 bits per heavy atom. The lowest BCUT2D eigenvalue weighted by Gasteiger charge is -2.36. The van der Waals surface area contributed by atoms with Gasteiger partial charge in [-0.2, -0.15) is 0 Å². The van der Waals surface area contributed by atoms with E-state index >= 15 is 0 Å². The van der Waals surface area contributed by atoms with Gasteiger partial charge >= 0.3 is 0 Å². The van der Waals surface area contributed by atoms with Crippen LogP contribution in [-0.4, -0.2) is 60.7 Å². The number of aromatic nitrogens is 1. The molecule has 0 aromatic carbocycles. The summed E-state index contributed by atoms with van der Waals surface area (Å²) in [5.41, 5.74) is 1.01. The van der Waals surface area contributed by atoms with Gasteiger partial charge in [0.1, 0.15) is 6.26 Å². The van der Waals surface area contributed by atoms with E-state index in [0.29, 0.717) is 0 Å². The van der Waals surface area contributed by atoms with Crippen molar-refractivity contribution in [1.82, 2.24) is 20.3 Å². The number of aliphatic imine (C=N–C) groups is 1. The van der Waals surface area contributed by atoms with Crippen LogP contribution in [-0.2, 0) is 6.54 Å². The standard InChI is InChI=1S/C18H33N5O.HI/c1-4-6-7-16(5-2)14-20-18(19-3)23-11-9-22(10-12-23)15-17-8-13-24-21-17;/h8,13,16H,4-7,9-12,14-15H2,1-3H3,(H,19,20);1H. The Morgan fingerprint density at radius 3 is 2.64 bits per heavy atom. The average Bonchev–Trinajstić information content (AvgIpc) is 3.12. The predicted molar refractivity (Wildman–Crippen MR) is 113 cm³/mol. The molecule has 1 unspecified atom stereocenters. The van der Waals surface area contributed by atoms with Crippen LogP contribution in [0.2, 0.25) is 0 Å². The lowest BCUT2D eigenvalue weighted by molar-refractivity contribution is 0.168. The van der Waals surface area contributed by atoms with Gasteiger partial charge in [0, 0.05) is 52.4 Å². The monoisotopic (exact) mass is 463 g/mol. The molecular weight excluding hydrogens is 429 g/mol. The molecule has 1 saturated heterocycles. The first kappa shape index (κ1) is 22.2. The number of rotatable bonds is 8. The summed E-state index contributed by atoms with van der Waals surface area (Å²) in [5.74, 6) is 1.79. The molecule has 1 N–H and O–H groups in total. The molecule has 0 spiro atoms. The van der Waals surface area contributed by atoms with Crippen LogP contribution < -0.4 is 5.32 Å². The minimum absolute atomic E-state index is 0. The molecule has 1 aromatic heterocycles. The van der Waals surface area contributed by atoms with Gasteiger partial charge in [-0.15, -0.1) is 24.0 Å². The van der Waals surface area contributed by atoms with Crippen LogP contribution in [0, 0.1) is 5.92 Å². The zero-order chi connectivity index (χ0) is 17.2. The van der Waals surface area contributed by atoms with Gasteiger partial charge < -0.3 is 14.7 Å². The molecule has 144 valence electrons. The summed E-state index contributed by atoms with van der Waals surface area (Å²) in [5, 5.41) is 7.59. The molecule has 0 amide bonds. The number of nitrogens with one attached hydrogen (secondary N) is 1. The molecule has 0 radical (unpaired) electrons. The Morgan fingerprint density at radius 1 is 1.32 bits per heavy atom. The van der Waals surface area contributed by atoms with E-state index in [1.165, 1.54) is 25.7 Å². The molecule has 1 aliphatic rings. The van der Waals surface area contributed by atoms with Crippen molar-refractivity contribution in [3.8, 4) is 0 Å². The van der Waals surface area contributed by atoms with Crippen molar-refractivity contribution in [2.24, 2.45) is 10.9 Å². The summed E-state index contributed by atoms with van der Waals surface area (Å²) in [6, 6.07) is 1.94. The quantitative estimate of drug-likeness (QED) is 0.365. The fraction of sp³-hybridized carbons (Fsp3) is 0.778. The number of hydrogen-bond acceptors (Lipinski definition) is 4. The van der Waals surface area contributed by atoms with E-state index in [4.69, 9.17) is 4.52 Å². The van der Waals surface area contributed by atoms with Crippen molar-refractivity contribution in [2.45, 2.75) is 46.1 Å². The Bertz CT molecular complexity index is 472. The van der Waals surface area contributed by atoms with Crippen LogP contribution in [0.3, 0.4) is 0 Å². The molecule has 0 aliphatic carbocycles. The van der Waals surface area contributed by atoms with Gasteiger partial charge in [0.2, 0.25) is 0 Å². The summed E-state index contributed by atoms with van der Waals surface area (Å²) in [6.45, 7) is 10.5. The maximum atomic E-state index is 4.91. The fourth-order valence-corrected chi connectivity index (χ4v) is 3.18. The number of halogens is 1. The summed E-state index contributed by atoms with van der Waals surface area (Å²) in [4.78, 5) is 9.27. The van der Waals surface area contributed by atoms with Gasteiger partial charge in [-0.1, -0.05) is 38.3 Å². The van der Waals surface area contributed by atoms with Crippen molar-refractivity contribution in [1.29, 1.82) is 0 Å². The molecular formula is C18H34IN5O. The average molecular weight is 463 g/mol. The molecule has 0 bridgehead atoms. The smallest absolute Gasteiger partial charge is 0.193 e. The SMILES string of the molecule is CCCCC(CC)CNC(=NC)N1CCN(Cc2ccon2)CC1.I. The normalized spacial score (nSPS) is 17.2. The van der Waals surface area contributed by atoms with Crippen LogP contribution in [0.25, 0.3) is 0 Å². The maximum Gasteiger partial charge on any atom is 0.193 e. The van der Waals surface area contributed by atoms with E-state index in [2.05, 4.69) is 39.1 Å². The van der Waals surface area contributed by atoms with Gasteiger partial charge in [-0.3, -0.25) is 9.89 Å². The highest BCUT2D eigenvalue weighted by atomic mass is 127. The highest BCUT2D eigenvalue weighted by molar-refractivity contribution is 14.0. The van der Waals surface area contributed by atoms with E-state index < -0.39 is 0 Å². The van der Waals surface area contributed by atoms with Crippen LogP contribution in [0.5, 0.6) is 0 Å². The minimum atomic E-state index is 0. The van der Waals surface area contributed by atoms with E-state index in [9.17, 15) is 0 Å². The number of unbranched alkanes of at least 4 members (excludes halogenated alkanes) is 1. The molecule has 7 heteroatoms. The second-order valence-corrected chi connectivity index (χ2v) is 6.60. The first-order chi connectivity index (χ1) is 11.8. The van der Waals surface area contributed by atoms with Crippen LogP contribution in [0.4, 0.5) is 0 Å². The molecule has 2 rings (SSSR count). The number of guanidine groups is 1. The highest BCUT2D eigenvalue weighted by Gasteiger charge is 2.20. The number of nitrogens with zero attached hydrogens (tertiary/aromatic N) is 4. The predicted octanol–water partition coefficient (Wildman–Crippen LogP) is 3.20. The van der Waals surface area contributed by atoms with Gasteiger partial charge in [0.25, 0.3) is 0 Å². The Kier molecular flexibility index (Phi) is 11.1. The minimum Gasteiger partial charge on any atom is -0.364 e. The Hall–Kier alpha value is -0.830. The van der Waals surface area contributed by atoms with E-state index in [0.717, 1.165) is 56.8 Å². The molecule has 1 atom stereocenters. The van der Waals surface area contributed by atoms with E-state index in [1.54, 1.807) is 6.26 Å². The topological polar surface area (TPSA) is 56.9 Å².